The predicted octanol–water partition coefficient (Wildman–Crippen LogP) is 3.55. The number of halogens is 1. The normalized spacial score (nSPS) is 16.7. The Morgan fingerprint density at radius 1 is 0.966 bits per heavy atom. The number of sulfonamides is 1. The van der Waals surface area contributed by atoms with Crippen molar-refractivity contribution < 1.29 is 17.6 Å². The molecule has 0 aromatic heterocycles. The molecule has 1 aliphatic carbocycles. The third kappa shape index (κ3) is 6.37. The Labute approximate surface area is 171 Å². The van der Waals surface area contributed by atoms with Gasteiger partial charge in [-0.15, -0.1) is 0 Å². The summed E-state index contributed by atoms with van der Waals surface area (Å²) in [5.41, 5.74) is 0.857. The molecule has 7 heteroatoms. The van der Waals surface area contributed by atoms with E-state index >= 15 is 0 Å². The first-order valence-electron chi connectivity index (χ1n) is 10.1. The lowest BCUT2D eigenvalue weighted by molar-refractivity contribution is -0.123. The third-order valence-electron chi connectivity index (χ3n) is 5.22. The third-order valence-corrected chi connectivity index (χ3v) is 6.71. The summed E-state index contributed by atoms with van der Waals surface area (Å²) in [6.07, 6.45) is 6.52. The minimum atomic E-state index is -3.97. The van der Waals surface area contributed by atoms with Crippen LogP contribution in [0.3, 0.4) is 0 Å². The van der Waals surface area contributed by atoms with Gasteiger partial charge in [-0.05, 0) is 49.1 Å². The highest BCUT2D eigenvalue weighted by molar-refractivity contribution is 7.89. The highest BCUT2D eigenvalue weighted by Crippen LogP contribution is 2.18. The SMILES string of the molecule is O=C(NC1CCCCCC1)[C@H](Cc1ccccc1)NS(=O)(=O)c1ccc(F)cc1. The van der Waals surface area contributed by atoms with Gasteiger partial charge in [0.05, 0.1) is 4.90 Å². The summed E-state index contributed by atoms with van der Waals surface area (Å²) < 4.78 is 41.3. The van der Waals surface area contributed by atoms with Gasteiger partial charge in [-0.25, -0.2) is 12.8 Å². The molecule has 2 N–H and O–H groups in total. The van der Waals surface area contributed by atoms with Gasteiger partial charge < -0.3 is 5.32 Å². The molecule has 156 valence electrons. The van der Waals surface area contributed by atoms with E-state index in [1.165, 1.54) is 12.1 Å². The van der Waals surface area contributed by atoms with E-state index in [1.807, 2.05) is 30.3 Å². The molecule has 1 aliphatic rings. The fraction of sp³-hybridized carbons (Fsp3) is 0.409. The Morgan fingerprint density at radius 3 is 2.21 bits per heavy atom. The monoisotopic (exact) mass is 418 g/mol. The quantitative estimate of drug-likeness (QED) is 0.675. The van der Waals surface area contributed by atoms with Crippen LogP contribution >= 0.6 is 0 Å². The van der Waals surface area contributed by atoms with Crippen LogP contribution < -0.4 is 10.0 Å². The molecule has 3 rings (SSSR count). The number of nitrogens with one attached hydrogen (secondary N) is 2. The van der Waals surface area contributed by atoms with E-state index in [2.05, 4.69) is 10.0 Å². The topological polar surface area (TPSA) is 75.3 Å². The molecule has 0 aliphatic heterocycles. The molecular formula is C22H27FN2O3S. The van der Waals surface area contributed by atoms with E-state index in [-0.39, 0.29) is 23.3 Å². The van der Waals surface area contributed by atoms with Gasteiger partial charge >= 0.3 is 0 Å². The number of carbonyl (C=O) groups excluding carboxylic acids is 1. The smallest absolute Gasteiger partial charge is 0.241 e. The summed E-state index contributed by atoms with van der Waals surface area (Å²) in [7, 11) is -3.97. The van der Waals surface area contributed by atoms with Crippen molar-refractivity contribution in [1.82, 2.24) is 10.0 Å². The summed E-state index contributed by atoms with van der Waals surface area (Å²) in [6, 6.07) is 13.0. The van der Waals surface area contributed by atoms with Gasteiger partial charge in [-0.2, -0.15) is 4.72 Å². The van der Waals surface area contributed by atoms with Crippen molar-refractivity contribution in [2.45, 2.75) is 61.9 Å². The molecule has 0 radical (unpaired) electrons. The maximum atomic E-state index is 13.2. The van der Waals surface area contributed by atoms with Crippen LogP contribution in [-0.2, 0) is 21.2 Å². The van der Waals surface area contributed by atoms with E-state index in [1.54, 1.807) is 0 Å². The zero-order valence-electron chi connectivity index (χ0n) is 16.3. The largest absolute Gasteiger partial charge is 0.352 e. The first-order valence-corrected chi connectivity index (χ1v) is 11.5. The average Bonchev–Trinajstić information content (AvgIpc) is 2.97. The number of rotatable bonds is 7. The lowest BCUT2D eigenvalue weighted by Crippen LogP contribution is -2.50. The lowest BCUT2D eigenvalue weighted by atomic mass is 10.0. The average molecular weight is 419 g/mol. The zero-order chi connectivity index (χ0) is 20.7. The molecule has 1 saturated carbocycles. The molecule has 0 unspecified atom stereocenters. The van der Waals surface area contributed by atoms with Crippen molar-refractivity contribution in [3.8, 4) is 0 Å². The lowest BCUT2D eigenvalue weighted by Gasteiger charge is -2.23. The highest BCUT2D eigenvalue weighted by atomic mass is 32.2. The highest BCUT2D eigenvalue weighted by Gasteiger charge is 2.28. The molecular weight excluding hydrogens is 391 g/mol. The number of hydrogen-bond acceptors (Lipinski definition) is 3. The number of amides is 1. The minimum absolute atomic E-state index is 0.0681. The molecule has 0 spiro atoms. The Morgan fingerprint density at radius 2 is 1.59 bits per heavy atom. The maximum absolute atomic E-state index is 13.2. The van der Waals surface area contributed by atoms with Gasteiger partial charge in [0, 0.05) is 6.04 Å². The van der Waals surface area contributed by atoms with Crippen molar-refractivity contribution in [2.24, 2.45) is 0 Å². The van der Waals surface area contributed by atoms with Crippen LogP contribution in [0.1, 0.15) is 44.1 Å². The van der Waals surface area contributed by atoms with E-state index in [0.717, 1.165) is 56.2 Å². The molecule has 1 atom stereocenters. The summed E-state index contributed by atoms with van der Waals surface area (Å²) in [5, 5.41) is 3.04. The van der Waals surface area contributed by atoms with Crippen molar-refractivity contribution >= 4 is 15.9 Å². The number of hydrogen-bond donors (Lipinski definition) is 2. The number of carbonyl (C=O) groups is 1. The van der Waals surface area contributed by atoms with Gasteiger partial charge in [0.15, 0.2) is 0 Å². The second-order valence-electron chi connectivity index (χ2n) is 7.51. The van der Waals surface area contributed by atoms with Gasteiger partial charge in [-0.1, -0.05) is 56.0 Å². The van der Waals surface area contributed by atoms with Gasteiger partial charge in [-0.3, -0.25) is 4.79 Å². The van der Waals surface area contributed by atoms with Gasteiger partial charge in [0.2, 0.25) is 15.9 Å². The Hall–Kier alpha value is -2.25. The van der Waals surface area contributed by atoms with Crippen LogP contribution in [0, 0.1) is 5.82 Å². The molecule has 1 amide bonds. The second kappa shape index (κ2) is 9.98. The minimum Gasteiger partial charge on any atom is -0.352 e. The summed E-state index contributed by atoms with van der Waals surface area (Å²) in [5.74, 6) is -0.845. The fourth-order valence-corrected chi connectivity index (χ4v) is 4.83. The first kappa shape index (κ1) is 21.5. The summed E-state index contributed by atoms with van der Waals surface area (Å²) in [6.45, 7) is 0. The van der Waals surface area contributed by atoms with Crippen molar-refractivity contribution in [3.05, 3.63) is 66.0 Å². The van der Waals surface area contributed by atoms with Gasteiger partial charge in [0.25, 0.3) is 0 Å². The molecule has 29 heavy (non-hydrogen) atoms. The molecule has 2 aromatic rings. The van der Waals surface area contributed by atoms with Crippen LogP contribution in [0.5, 0.6) is 0 Å². The predicted molar refractivity (Wildman–Crippen MR) is 110 cm³/mol. The van der Waals surface area contributed by atoms with Crippen LogP contribution in [0.4, 0.5) is 4.39 Å². The number of benzene rings is 2. The molecule has 1 fully saturated rings. The van der Waals surface area contributed by atoms with Crippen molar-refractivity contribution in [1.29, 1.82) is 0 Å². The van der Waals surface area contributed by atoms with Crippen molar-refractivity contribution in [3.63, 3.8) is 0 Å². The molecule has 2 aromatic carbocycles. The Bertz CT molecular complexity index is 893. The molecule has 0 heterocycles. The van der Waals surface area contributed by atoms with Crippen LogP contribution in [0.2, 0.25) is 0 Å². The van der Waals surface area contributed by atoms with E-state index in [0.29, 0.717) is 0 Å². The molecule has 0 bridgehead atoms. The standard InChI is InChI=1S/C22H27FN2O3S/c23-18-12-14-20(15-13-18)29(27,28)25-21(16-17-8-4-3-5-9-17)22(26)24-19-10-6-1-2-7-11-19/h3-5,8-9,12-15,19,21,25H,1-2,6-7,10-11,16H2,(H,24,26)/t21-/m0/s1. The zero-order valence-corrected chi connectivity index (χ0v) is 17.1. The van der Waals surface area contributed by atoms with Crippen LogP contribution in [0.25, 0.3) is 0 Å². The van der Waals surface area contributed by atoms with Crippen molar-refractivity contribution in [2.75, 3.05) is 0 Å². The van der Waals surface area contributed by atoms with E-state index in [9.17, 15) is 17.6 Å². The molecule has 5 nitrogen and oxygen atoms in total. The van der Waals surface area contributed by atoms with Gasteiger partial charge in [0.1, 0.15) is 11.9 Å². The molecule has 0 saturated heterocycles. The van der Waals surface area contributed by atoms with Crippen LogP contribution in [-0.4, -0.2) is 26.4 Å². The second-order valence-corrected chi connectivity index (χ2v) is 9.23. The Kier molecular flexibility index (Phi) is 7.39. The van der Waals surface area contributed by atoms with Crippen LogP contribution in [0.15, 0.2) is 59.5 Å². The summed E-state index contributed by atoms with van der Waals surface area (Å²) in [4.78, 5) is 12.9. The maximum Gasteiger partial charge on any atom is 0.241 e. The Balaban J connectivity index is 1.78. The summed E-state index contributed by atoms with van der Waals surface area (Å²) >= 11 is 0. The first-order chi connectivity index (χ1) is 13.9. The van der Waals surface area contributed by atoms with E-state index < -0.39 is 21.9 Å². The fourth-order valence-electron chi connectivity index (χ4n) is 3.63. The van der Waals surface area contributed by atoms with E-state index in [4.69, 9.17) is 0 Å².